The fraction of sp³-hybridized carbons (Fsp3) is 0.120. The number of anilines is 2. The second-order valence-corrected chi connectivity index (χ2v) is 7.35. The Morgan fingerprint density at radius 3 is 2.32 bits per heavy atom. The number of carbonyl (C=O) groups excluding carboxylic acids is 2. The molecule has 0 aromatic heterocycles. The van der Waals surface area contributed by atoms with Crippen molar-refractivity contribution in [2.75, 3.05) is 17.3 Å². The number of benzene rings is 3. The maximum absolute atomic E-state index is 13.5. The highest BCUT2D eigenvalue weighted by molar-refractivity contribution is 6.46. The average molecular weight is 416 g/mol. The average Bonchev–Trinajstić information content (AvgIpc) is 2.99. The minimum atomic E-state index is -0.488. The fourth-order valence-corrected chi connectivity index (χ4v) is 3.65. The van der Waals surface area contributed by atoms with Crippen molar-refractivity contribution >= 4 is 28.8 Å². The van der Waals surface area contributed by atoms with Crippen LogP contribution in [0.5, 0.6) is 5.75 Å². The summed E-state index contributed by atoms with van der Waals surface area (Å²) in [6.07, 6.45) is 0. The summed E-state index contributed by atoms with van der Waals surface area (Å²) in [5.41, 5.74) is 3.93. The van der Waals surface area contributed by atoms with E-state index >= 15 is 0 Å². The Kier molecular flexibility index (Phi) is 5.29. The second kappa shape index (κ2) is 8.07. The van der Waals surface area contributed by atoms with Crippen LogP contribution < -0.4 is 15.0 Å². The van der Waals surface area contributed by atoms with Crippen LogP contribution in [0.4, 0.5) is 15.8 Å². The van der Waals surface area contributed by atoms with E-state index in [0.29, 0.717) is 22.7 Å². The van der Waals surface area contributed by atoms with Crippen LogP contribution in [0.3, 0.4) is 0 Å². The Morgan fingerprint density at radius 1 is 0.903 bits per heavy atom. The van der Waals surface area contributed by atoms with Crippen molar-refractivity contribution in [2.24, 2.45) is 0 Å². The van der Waals surface area contributed by atoms with Crippen LogP contribution in [0.2, 0.25) is 0 Å². The van der Waals surface area contributed by atoms with Gasteiger partial charge in [-0.15, -0.1) is 0 Å². The van der Waals surface area contributed by atoms with Gasteiger partial charge < -0.3 is 10.1 Å². The van der Waals surface area contributed by atoms with E-state index in [1.807, 2.05) is 32.0 Å². The summed E-state index contributed by atoms with van der Waals surface area (Å²) in [5.74, 6) is -0.778. The first-order valence-corrected chi connectivity index (χ1v) is 9.76. The fourth-order valence-electron chi connectivity index (χ4n) is 3.65. The number of rotatable bonds is 5. The molecule has 31 heavy (non-hydrogen) atoms. The summed E-state index contributed by atoms with van der Waals surface area (Å²) >= 11 is 0. The molecule has 1 aliphatic rings. The van der Waals surface area contributed by atoms with E-state index < -0.39 is 11.8 Å². The highest BCUT2D eigenvalue weighted by atomic mass is 19.1. The maximum Gasteiger partial charge on any atom is 0.282 e. The van der Waals surface area contributed by atoms with Crippen LogP contribution >= 0.6 is 0 Å². The van der Waals surface area contributed by atoms with Crippen molar-refractivity contribution < 1.29 is 18.7 Å². The number of nitrogens with one attached hydrogen (secondary N) is 1. The predicted octanol–water partition coefficient (Wildman–Crippen LogP) is 4.85. The molecule has 1 N–H and O–H groups in total. The summed E-state index contributed by atoms with van der Waals surface area (Å²) in [6, 6.07) is 18.1. The first kappa shape index (κ1) is 20.3. The van der Waals surface area contributed by atoms with Crippen molar-refractivity contribution in [1.29, 1.82) is 0 Å². The number of halogens is 1. The Bertz CT molecular complexity index is 1220. The Hall–Kier alpha value is -3.93. The highest BCUT2D eigenvalue weighted by Crippen LogP contribution is 2.36. The molecule has 0 spiro atoms. The molecular weight excluding hydrogens is 395 g/mol. The molecule has 0 saturated heterocycles. The SMILES string of the molecule is COc1cccc(N2C(=O)C(Nc3ccc(F)cc3)=C(c3ccc(C)cc3C)C2=O)c1. The molecule has 1 aliphatic heterocycles. The van der Waals surface area contributed by atoms with E-state index in [1.165, 1.54) is 31.4 Å². The first-order chi connectivity index (χ1) is 14.9. The third-order valence-electron chi connectivity index (χ3n) is 5.16. The van der Waals surface area contributed by atoms with Gasteiger partial charge >= 0.3 is 0 Å². The van der Waals surface area contributed by atoms with E-state index in [2.05, 4.69) is 5.32 Å². The first-order valence-electron chi connectivity index (χ1n) is 9.76. The van der Waals surface area contributed by atoms with Gasteiger partial charge in [-0.25, -0.2) is 9.29 Å². The molecule has 0 unspecified atom stereocenters. The van der Waals surface area contributed by atoms with Crippen LogP contribution in [-0.2, 0) is 9.59 Å². The number of aryl methyl sites for hydroxylation is 2. The second-order valence-electron chi connectivity index (χ2n) is 7.35. The van der Waals surface area contributed by atoms with E-state index in [9.17, 15) is 14.0 Å². The van der Waals surface area contributed by atoms with E-state index in [-0.39, 0.29) is 17.1 Å². The zero-order valence-corrected chi connectivity index (χ0v) is 17.4. The molecule has 0 bridgehead atoms. The summed E-state index contributed by atoms with van der Waals surface area (Å²) in [6.45, 7) is 3.86. The van der Waals surface area contributed by atoms with Crippen molar-refractivity contribution in [2.45, 2.75) is 13.8 Å². The number of carbonyl (C=O) groups is 2. The third-order valence-corrected chi connectivity index (χ3v) is 5.16. The highest BCUT2D eigenvalue weighted by Gasteiger charge is 2.40. The molecule has 156 valence electrons. The molecular formula is C25H21FN2O3. The van der Waals surface area contributed by atoms with Gasteiger partial charge in [0.15, 0.2) is 0 Å². The van der Waals surface area contributed by atoms with Gasteiger partial charge in [-0.2, -0.15) is 0 Å². The van der Waals surface area contributed by atoms with Gasteiger partial charge in [-0.3, -0.25) is 9.59 Å². The normalized spacial score (nSPS) is 13.7. The van der Waals surface area contributed by atoms with E-state index in [1.54, 1.807) is 24.3 Å². The summed E-state index contributed by atoms with van der Waals surface area (Å²) in [4.78, 5) is 28.1. The third kappa shape index (κ3) is 3.80. The Labute approximate surface area is 179 Å². The standard InChI is InChI=1S/C25H21FN2O3/c1-15-7-12-21(16(2)13-15)22-23(27-18-10-8-17(26)9-11-18)25(30)28(24(22)29)19-5-4-6-20(14-19)31-3/h4-14,27H,1-3H3. The lowest BCUT2D eigenvalue weighted by Gasteiger charge is -2.16. The van der Waals surface area contributed by atoms with Gasteiger partial charge in [0, 0.05) is 11.8 Å². The minimum Gasteiger partial charge on any atom is -0.497 e. The summed E-state index contributed by atoms with van der Waals surface area (Å²) in [7, 11) is 1.52. The quantitative estimate of drug-likeness (QED) is 0.604. The van der Waals surface area contributed by atoms with Crippen molar-refractivity contribution in [3.05, 3.63) is 94.9 Å². The minimum absolute atomic E-state index is 0.145. The molecule has 6 heteroatoms. The molecule has 3 aromatic rings. The lowest BCUT2D eigenvalue weighted by Crippen LogP contribution is -2.32. The molecule has 0 atom stereocenters. The van der Waals surface area contributed by atoms with Gasteiger partial charge in [0.2, 0.25) is 0 Å². The molecule has 0 aliphatic carbocycles. The zero-order valence-electron chi connectivity index (χ0n) is 17.4. The number of methoxy groups -OCH3 is 1. The lowest BCUT2D eigenvalue weighted by atomic mass is 9.97. The molecule has 4 rings (SSSR count). The van der Waals surface area contributed by atoms with E-state index in [4.69, 9.17) is 4.74 Å². The van der Waals surface area contributed by atoms with Crippen molar-refractivity contribution in [3.63, 3.8) is 0 Å². The van der Waals surface area contributed by atoms with Gasteiger partial charge in [0.1, 0.15) is 17.3 Å². The van der Waals surface area contributed by atoms with Crippen molar-refractivity contribution in [1.82, 2.24) is 0 Å². The van der Waals surface area contributed by atoms with Crippen LogP contribution in [-0.4, -0.2) is 18.9 Å². The van der Waals surface area contributed by atoms with Crippen LogP contribution in [0.15, 0.2) is 72.4 Å². The number of hydrogen-bond acceptors (Lipinski definition) is 4. The monoisotopic (exact) mass is 416 g/mol. The molecule has 0 radical (unpaired) electrons. The summed E-state index contributed by atoms with van der Waals surface area (Å²) in [5, 5.41) is 3.04. The van der Waals surface area contributed by atoms with Gasteiger partial charge in [0.05, 0.1) is 18.4 Å². The number of hydrogen-bond donors (Lipinski definition) is 1. The lowest BCUT2D eigenvalue weighted by molar-refractivity contribution is -0.120. The van der Waals surface area contributed by atoms with Crippen LogP contribution in [0.25, 0.3) is 5.57 Å². The van der Waals surface area contributed by atoms with Crippen LogP contribution in [0, 0.1) is 19.7 Å². The number of nitrogens with zero attached hydrogens (tertiary/aromatic N) is 1. The number of imide groups is 1. The molecule has 0 fully saturated rings. The Balaban J connectivity index is 1.85. The summed E-state index contributed by atoms with van der Waals surface area (Å²) < 4.78 is 18.6. The van der Waals surface area contributed by atoms with Gasteiger partial charge in [-0.1, -0.05) is 29.8 Å². The van der Waals surface area contributed by atoms with Crippen molar-refractivity contribution in [3.8, 4) is 5.75 Å². The zero-order chi connectivity index (χ0) is 22.1. The maximum atomic E-state index is 13.5. The molecule has 3 aromatic carbocycles. The van der Waals surface area contributed by atoms with Gasteiger partial charge in [-0.05, 0) is 61.4 Å². The van der Waals surface area contributed by atoms with Crippen LogP contribution in [0.1, 0.15) is 16.7 Å². The number of ether oxygens (including phenoxy) is 1. The topological polar surface area (TPSA) is 58.6 Å². The molecule has 1 heterocycles. The number of amides is 2. The predicted molar refractivity (Wildman–Crippen MR) is 118 cm³/mol. The molecule has 5 nitrogen and oxygen atoms in total. The Morgan fingerprint density at radius 2 is 1.65 bits per heavy atom. The molecule has 2 amide bonds. The largest absolute Gasteiger partial charge is 0.497 e. The van der Waals surface area contributed by atoms with E-state index in [0.717, 1.165) is 16.0 Å². The smallest absolute Gasteiger partial charge is 0.282 e. The van der Waals surface area contributed by atoms with Gasteiger partial charge in [0.25, 0.3) is 11.8 Å². The molecule has 0 saturated carbocycles.